The van der Waals surface area contributed by atoms with Gasteiger partial charge in [-0.05, 0) is 37.1 Å². The van der Waals surface area contributed by atoms with Crippen molar-refractivity contribution < 1.29 is 14.3 Å². The number of carbonyl (C=O) groups excluding carboxylic acids is 1. The maximum absolute atomic E-state index is 12.3. The minimum absolute atomic E-state index is 0.0545. The van der Waals surface area contributed by atoms with Crippen LogP contribution in [-0.4, -0.2) is 55.8 Å². The van der Waals surface area contributed by atoms with E-state index >= 15 is 0 Å². The standard InChI is InChI=1S/C19H27BrN2O3/c20-16-4-6-17(7-5-16)25-14-18(23)21-15-19(8-2-1-3-9-19)22-10-12-24-13-11-22/h4-7H,1-3,8-15H2,(H,21,23). The second-order valence-electron chi connectivity index (χ2n) is 6.90. The molecule has 1 saturated carbocycles. The second kappa shape index (κ2) is 9.01. The van der Waals surface area contributed by atoms with Gasteiger partial charge in [-0.1, -0.05) is 35.2 Å². The maximum Gasteiger partial charge on any atom is 0.258 e. The van der Waals surface area contributed by atoms with Gasteiger partial charge in [-0.3, -0.25) is 9.69 Å². The summed E-state index contributed by atoms with van der Waals surface area (Å²) in [5.41, 5.74) is 0.0926. The Labute approximate surface area is 158 Å². The lowest BCUT2D eigenvalue weighted by molar-refractivity contribution is -0.124. The fourth-order valence-corrected chi connectivity index (χ4v) is 4.11. The third-order valence-electron chi connectivity index (χ3n) is 5.26. The molecule has 0 unspecified atom stereocenters. The average molecular weight is 411 g/mol. The summed E-state index contributed by atoms with van der Waals surface area (Å²) in [7, 11) is 0. The van der Waals surface area contributed by atoms with E-state index in [9.17, 15) is 4.79 Å². The zero-order valence-corrected chi connectivity index (χ0v) is 16.2. The summed E-state index contributed by atoms with van der Waals surface area (Å²) >= 11 is 3.39. The van der Waals surface area contributed by atoms with Gasteiger partial charge < -0.3 is 14.8 Å². The molecule has 1 aliphatic carbocycles. The highest BCUT2D eigenvalue weighted by Crippen LogP contribution is 2.33. The van der Waals surface area contributed by atoms with E-state index in [-0.39, 0.29) is 18.1 Å². The lowest BCUT2D eigenvalue weighted by Crippen LogP contribution is -2.60. The van der Waals surface area contributed by atoms with Crippen LogP contribution in [0.15, 0.2) is 28.7 Å². The molecule has 1 saturated heterocycles. The number of benzene rings is 1. The highest BCUT2D eigenvalue weighted by molar-refractivity contribution is 9.10. The van der Waals surface area contributed by atoms with Gasteiger partial charge >= 0.3 is 0 Å². The Bertz CT molecular complexity index is 552. The number of amides is 1. The van der Waals surface area contributed by atoms with Crippen molar-refractivity contribution in [3.05, 3.63) is 28.7 Å². The predicted molar refractivity (Wildman–Crippen MR) is 101 cm³/mol. The minimum Gasteiger partial charge on any atom is -0.484 e. The fourth-order valence-electron chi connectivity index (χ4n) is 3.85. The molecule has 25 heavy (non-hydrogen) atoms. The van der Waals surface area contributed by atoms with Gasteiger partial charge in [0.25, 0.3) is 5.91 Å². The number of halogens is 1. The molecule has 3 rings (SSSR count). The van der Waals surface area contributed by atoms with Crippen molar-refractivity contribution in [1.29, 1.82) is 0 Å². The summed E-state index contributed by atoms with van der Waals surface area (Å²) in [6.45, 7) is 4.28. The number of hydrogen-bond acceptors (Lipinski definition) is 4. The van der Waals surface area contributed by atoms with Gasteiger partial charge in [0.2, 0.25) is 0 Å². The van der Waals surface area contributed by atoms with Crippen molar-refractivity contribution in [2.24, 2.45) is 0 Å². The first-order chi connectivity index (χ1) is 12.2. The molecular formula is C19H27BrN2O3. The Balaban J connectivity index is 1.51. The Hall–Kier alpha value is -1.11. The van der Waals surface area contributed by atoms with Crippen LogP contribution in [0.3, 0.4) is 0 Å². The fraction of sp³-hybridized carbons (Fsp3) is 0.632. The van der Waals surface area contributed by atoms with Gasteiger partial charge in [-0.2, -0.15) is 0 Å². The van der Waals surface area contributed by atoms with Crippen LogP contribution < -0.4 is 10.1 Å². The molecule has 1 amide bonds. The zero-order valence-electron chi connectivity index (χ0n) is 14.6. The number of morpholine rings is 1. The molecule has 2 fully saturated rings. The van der Waals surface area contributed by atoms with E-state index in [1.165, 1.54) is 19.3 Å². The van der Waals surface area contributed by atoms with Crippen LogP contribution >= 0.6 is 15.9 Å². The van der Waals surface area contributed by atoms with E-state index in [4.69, 9.17) is 9.47 Å². The molecule has 0 spiro atoms. The number of rotatable bonds is 6. The largest absolute Gasteiger partial charge is 0.484 e. The second-order valence-corrected chi connectivity index (χ2v) is 7.82. The molecule has 0 bridgehead atoms. The lowest BCUT2D eigenvalue weighted by Gasteiger charge is -2.48. The highest BCUT2D eigenvalue weighted by atomic mass is 79.9. The molecular weight excluding hydrogens is 384 g/mol. The summed E-state index contributed by atoms with van der Waals surface area (Å²) in [6, 6.07) is 7.52. The van der Waals surface area contributed by atoms with Crippen LogP contribution in [0, 0.1) is 0 Å². The molecule has 0 radical (unpaired) electrons. The summed E-state index contributed by atoms with van der Waals surface area (Å²) in [4.78, 5) is 14.8. The molecule has 1 aliphatic heterocycles. The average Bonchev–Trinajstić information content (AvgIpc) is 2.67. The van der Waals surface area contributed by atoms with E-state index in [1.807, 2.05) is 24.3 Å². The van der Waals surface area contributed by atoms with E-state index in [0.29, 0.717) is 12.3 Å². The Morgan fingerprint density at radius 2 is 1.84 bits per heavy atom. The molecule has 6 heteroatoms. The molecule has 5 nitrogen and oxygen atoms in total. The molecule has 0 atom stereocenters. The first-order valence-electron chi connectivity index (χ1n) is 9.16. The summed E-state index contributed by atoms with van der Waals surface area (Å²) < 4.78 is 12.1. The summed E-state index contributed by atoms with van der Waals surface area (Å²) in [6.07, 6.45) is 6.08. The van der Waals surface area contributed by atoms with Crippen LogP contribution in [0.25, 0.3) is 0 Å². The molecule has 1 aromatic rings. The molecule has 1 heterocycles. The van der Waals surface area contributed by atoms with Crippen molar-refractivity contribution in [3.8, 4) is 5.75 Å². The summed E-state index contributed by atoms with van der Waals surface area (Å²) in [5, 5.41) is 3.12. The first kappa shape index (κ1) is 18.7. The molecule has 138 valence electrons. The van der Waals surface area contributed by atoms with Crippen molar-refractivity contribution in [1.82, 2.24) is 10.2 Å². The van der Waals surface area contributed by atoms with Crippen LogP contribution in [-0.2, 0) is 9.53 Å². The van der Waals surface area contributed by atoms with Crippen LogP contribution in [0.2, 0.25) is 0 Å². The molecule has 1 aromatic carbocycles. The minimum atomic E-state index is -0.0545. The Kier molecular flexibility index (Phi) is 6.73. The summed E-state index contributed by atoms with van der Waals surface area (Å²) in [5.74, 6) is 0.653. The lowest BCUT2D eigenvalue weighted by atomic mass is 9.79. The van der Waals surface area contributed by atoms with Crippen LogP contribution in [0.1, 0.15) is 32.1 Å². The maximum atomic E-state index is 12.3. The van der Waals surface area contributed by atoms with Gasteiger partial charge in [0, 0.05) is 29.6 Å². The van der Waals surface area contributed by atoms with Gasteiger partial charge in [0.05, 0.1) is 13.2 Å². The number of hydrogen-bond donors (Lipinski definition) is 1. The number of ether oxygens (including phenoxy) is 2. The zero-order chi connectivity index (χ0) is 17.5. The number of nitrogens with one attached hydrogen (secondary N) is 1. The topological polar surface area (TPSA) is 50.8 Å². The van der Waals surface area contributed by atoms with Crippen molar-refractivity contribution in [2.45, 2.75) is 37.6 Å². The smallest absolute Gasteiger partial charge is 0.258 e. The van der Waals surface area contributed by atoms with E-state index in [2.05, 4.69) is 26.1 Å². The number of nitrogens with zero attached hydrogens (tertiary/aromatic N) is 1. The van der Waals surface area contributed by atoms with Crippen molar-refractivity contribution >= 4 is 21.8 Å². The third-order valence-corrected chi connectivity index (χ3v) is 5.79. The monoisotopic (exact) mass is 410 g/mol. The van der Waals surface area contributed by atoms with Crippen LogP contribution in [0.5, 0.6) is 5.75 Å². The predicted octanol–water partition coefficient (Wildman–Crippen LogP) is 2.98. The van der Waals surface area contributed by atoms with Gasteiger partial charge in [0.15, 0.2) is 6.61 Å². The van der Waals surface area contributed by atoms with Crippen molar-refractivity contribution in [3.63, 3.8) is 0 Å². The van der Waals surface area contributed by atoms with E-state index in [1.54, 1.807) is 0 Å². The highest BCUT2D eigenvalue weighted by Gasteiger charge is 2.38. The quantitative estimate of drug-likeness (QED) is 0.782. The molecule has 2 aliphatic rings. The third kappa shape index (κ3) is 5.19. The van der Waals surface area contributed by atoms with Gasteiger partial charge in [-0.15, -0.1) is 0 Å². The van der Waals surface area contributed by atoms with Crippen LogP contribution in [0.4, 0.5) is 0 Å². The first-order valence-corrected chi connectivity index (χ1v) is 9.95. The Morgan fingerprint density at radius 3 is 2.52 bits per heavy atom. The molecule has 0 aromatic heterocycles. The van der Waals surface area contributed by atoms with E-state index in [0.717, 1.165) is 43.6 Å². The normalized spacial score (nSPS) is 20.8. The van der Waals surface area contributed by atoms with E-state index < -0.39 is 0 Å². The van der Waals surface area contributed by atoms with Gasteiger partial charge in [0.1, 0.15) is 5.75 Å². The van der Waals surface area contributed by atoms with Gasteiger partial charge in [-0.25, -0.2) is 0 Å². The Morgan fingerprint density at radius 1 is 1.16 bits per heavy atom. The number of carbonyl (C=O) groups is 1. The van der Waals surface area contributed by atoms with Crippen molar-refractivity contribution in [2.75, 3.05) is 39.5 Å². The SMILES string of the molecule is O=C(COc1ccc(Br)cc1)NCC1(N2CCOCC2)CCCCC1. The molecule has 1 N–H and O–H groups in total.